The molecule has 0 saturated heterocycles. The Morgan fingerprint density at radius 1 is 0.977 bits per heavy atom. The van der Waals surface area contributed by atoms with Gasteiger partial charge in [0.25, 0.3) is 5.91 Å². The number of pyridine rings is 1. The smallest absolute Gasteiger partial charge is 0.324 e. The Kier molecular flexibility index (Phi) is 8.39. The second-order valence-corrected chi connectivity index (χ2v) is 10.2. The minimum absolute atomic E-state index is 0.0500. The van der Waals surface area contributed by atoms with Gasteiger partial charge in [-0.15, -0.1) is 0 Å². The van der Waals surface area contributed by atoms with Gasteiger partial charge in [-0.3, -0.25) is 9.78 Å². The lowest BCUT2D eigenvalue weighted by molar-refractivity contribution is -0.137. The highest BCUT2D eigenvalue weighted by atomic mass is 19.4. The summed E-state index contributed by atoms with van der Waals surface area (Å²) in [5.41, 5.74) is 2.12. The average Bonchev–Trinajstić information content (AvgIpc) is 3.46. The quantitative estimate of drug-likeness (QED) is 0.167. The lowest BCUT2D eigenvalue weighted by Gasteiger charge is -2.15. The van der Waals surface area contributed by atoms with Gasteiger partial charge in [0.15, 0.2) is 0 Å². The number of hydrogen-bond acceptors (Lipinski definition) is 6. The zero-order chi connectivity index (χ0) is 31.5. The van der Waals surface area contributed by atoms with E-state index in [1.165, 1.54) is 23.2 Å². The number of carbonyl (C=O) groups is 1. The van der Waals surface area contributed by atoms with Gasteiger partial charge in [0, 0.05) is 59.4 Å². The highest BCUT2D eigenvalue weighted by molar-refractivity contribution is 6.05. The minimum atomic E-state index is -4.71. The largest absolute Gasteiger partial charge is 0.416 e. The van der Waals surface area contributed by atoms with Crippen molar-refractivity contribution in [3.63, 3.8) is 0 Å². The van der Waals surface area contributed by atoms with Crippen LogP contribution in [0.15, 0.2) is 85.7 Å². The summed E-state index contributed by atoms with van der Waals surface area (Å²) >= 11 is 0. The van der Waals surface area contributed by atoms with Crippen LogP contribution in [0.1, 0.15) is 40.5 Å². The third-order valence-electron chi connectivity index (χ3n) is 6.62. The molecule has 13 heteroatoms. The molecule has 0 spiro atoms. The SMILES string of the molecule is Cc1ccc(C(=O)Nc2cc(-n3cnc(CCC(C)(F)F)c3)cc(C(F)(F)F)c2)cc1Nc1nccc(-c2cccnc2)n1. The molecule has 0 radical (unpaired) electrons. The van der Waals surface area contributed by atoms with Gasteiger partial charge < -0.3 is 15.2 Å². The van der Waals surface area contributed by atoms with Crippen molar-refractivity contribution in [2.75, 3.05) is 10.6 Å². The van der Waals surface area contributed by atoms with E-state index in [2.05, 4.69) is 30.6 Å². The second kappa shape index (κ2) is 12.2. The Morgan fingerprint density at radius 2 is 1.80 bits per heavy atom. The lowest BCUT2D eigenvalue weighted by Crippen LogP contribution is -2.14. The van der Waals surface area contributed by atoms with Gasteiger partial charge in [-0.1, -0.05) is 6.07 Å². The van der Waals surface area contributed by atoms with Crippen molar-refractivity contribution in [2.24, 2.45) is 0 Å². The number of carbonyl (C=O) groups excluding carboxylic acids is 1. The van der Waals surface area contributed by atoms with Crippen molar-refractivity contribution in [1.82, 2.24) is 24.5 Å². The third-order valence-corrected chi connectivity index (χ3v) is 6.62. The molecular formula is C31H26F5N7O. The number of halogens is 5. The minimum Gasteiger partial charge on any atom is -0.324 e. The van der Waals surface area contributed by atoms with Gasteiger partial charge in [-0.2, -0.15) is 13.2 Å². The number of anilines is 3. The van der Waals surface area contributed by atoms with E-state index in [9.17, 15) is 26.7 Å². The van der Waals surface area contributed by atoms with E-state index in [1.54, 1.807) is 48.9 Å². The van der Waals surface area contributed by atoms with E-state index < -0.39 is 30.0 Å². The lowest BCUT2D eigenvalue weighted by atomic mass is 10.1. The number of nitrogens with zero attached hydrogens (tertiary/aromatic N) is 5. The molecule has 0 saturated carbocycles. The molecule has 226 valence electrons. The van der Waals surface area contributed by atoms with Crippen LogP contribution >= 0.6 is 0 Å². The maximum Gasteiger partial charge on any atom is 0.416 e. The summed E-state index contributed by atoms with van der Waals surface area (Å²) in [5.74, 6) is -3.28. The molecule has 0 aliphatic rings. The van der Waals surface area contributed by atoms with Gasteiger partial charge in [-0.25, -0.2) is 23.7 Å². The van der Waals surface area contributed by atoms with Crippen molar-refractivity contribution >= 4 is 23.2 Å². The molecule has 2 aromatic carbocycles. The number of nitrogens with one attached hydrogen (secondary N) is 2. The molecule has 8 nitrogen and oxygen atoms in total. The number of benzene rings is 2. The van der Waals surface area contributed by atoms with Crippen molar-refractivity contribution < 1.29 is 26.7 Å². The number of alkyl halides is 5. The topological polar surface area (TPSA) is 97.6 Å². The van der Waals surface area contributed by atoms with Gasteiger partial charge >= 0.3 is 6.18 Å². The van der Waals surface area contributed by atoms with Crippen LogP contribution in [-0.4, -0.2) is 36.3 Å². The molecule has 5 aromatic rings. The molecule has 0 atom stereocenters. The molecule has 0 unspecified atom stereocenters. The maximum atomic E-state index is 13.8. The van der Waals surface area contributed by atoms with E-state index in [1.807, 2.05) is 13.0 Å². The fraction of sp³-hybridized carbons (Fsp3) is 0.194. The van der Waals surface area contributed by atoms with E-state index in [0.29, 0.717) is 17.1 Å². The third kappa shape index (κ3) is 7.60. The fourth-order valence-corrected chi connectivity index (χ4v) is 4.29. The molecule has 5 rings (SSSR count). The maximum absolute atomic E-state index is 13.8. The molecule has 44 heavy (non-hydrogen) atoms. The Bertz CT molecular complexity index is 1780. The summed E-state index contributed by atoms with van der Waals surface area (Å²) in [5, 5.41) is 5.63. The number of aryl methyl sites for hydroxylation is 2. The summed E-state index contributed by atoms with van der Waals surface area (Å²) in [6.07, 6.45) is 2.30. The highest BCUT2D eigenvalue weighted by Crippen LogP contribution is 2.33. The number of amides is 1. The van der Waals surface area contributed by atoms with Gasteiger partial charge in [0.1, 0.15) is 0 Å². The van der Waals surface area contributed by atoms with Crippen LogP contribution in [0.5, 0.6) is 0 Å². The Balaban J connectivity index is 1.38. The van der Waals surface area contributed by atoms with Crippen LogP contribution < -0.4 is 10.6 Å². The van der Waals surface area contributed by atoms with Crippen LogP contribution in [0.2, 0.25) is 0 Å². The fourth-order valence-electron chi connectivity index (χ4n) is 4.29. The molecule has 0 aliphatic carbocycles. The van der Waals surface area contributed by atoms with Crippen LogP contribution in [0.3, 0.4) is 0 Å². The first-order valence-corrected chi connectivity index (χ1v) is 13.4. The zero-order valence-electron chi connectivity index (χ0n) is 23.5. The molecule has 0 bridgehead atoms. The molecule has 0 fully saturated rings. The van der Waals surface area contributed by atoms with Crippen LogP contribution in [0, 0.1) is 6.92 Å². The number of rotatable bonds is 9. The molecule has 0 aliphatic heterocycles. The summed E-state index contributed by atoms with van der Waals surface area (Å²) in [6.45, 7) is 2.60. The van der Waals surface area contributed by atoms with E-state index in [0.717, 1.165) is 30.2 Å². The first-order valence-electron chi connectivity index (χ1n) is 13.4. The number of aromatic nitrogens is 5. The summed E-state index contributed by atoms with van der Waals surface area (Å²) in [4.78, 5) is 30.1. The standard InChI is InChI=1S/C31H26F5N7O/c1-19-5-6-20(12-27(19)42-29-38-11-8-26(41-29)21-4-3-10-37-16-21)28(44)40-24-13-22(31(34,35)36)14-25(15-24)43-17-23(39-18-43)7-9-30(2,32)33/h3-6,8,10-18H,7,9H2,1-2H3,(H,40,44)(H,38,41,42). The van der Waals surface area contributed by atoms with E-state index in [4.69, 9.17) is 0 Å². The number of hydrogen-bond donors (Lipinski definition) is 2. The van der Waals surface area contributed by atoms with Crippen molar-refractivity contribution in [3.8, 4) is 16.9 Å². The first-order chi connectivity index (χ1) is 20.8. The predicted molar refractivity (Wildman–Crippen MR) is 155 cm³/mol. The van der Waals surface area contributed by atoms with Gasteiger partial charge in [0.2, 0.25) is 11.9 Å². The molecule has 2 N–H and O–H groups in total. The van der Waals surface area contributed by atoms with Crippen molar-refractivity contribution in [3.05, 3.63) is 108 Å². The van der Waals surface area contributed by atoms with Crippen LogP contribution in [-0.2, 0) is 12.6 Å². The normalized spacial score (nSPS) is 11.8. The zero-order valence-corrected chi connectivity index (χ0v) is 23.5. The summed E-state index contributed by atoms with van der Waals surface area (Å²) in [7, 11) is 0. The monoisotopic (exact) mass is 607 g/mol. The Labute approximate surface area is 249 Å². The van der Waals surface area contributed by atoms with E-state index in [-0.39, 0.29) is 29.3 Å². The van der Waals surface area contributed by atoms with E-state index >= 15 is 0 Å². The second-order valence-electron chi connectivity index (χ2n) is 10.2. The van der Waals surface area contributed by atoms with Crippen molar-refractivity contribution in [1.29, 1.82) is 0 Å². The summed E-state index contributed by atoms with van der Waals surface area (Å²) in [6, 6.07) is 13.2. The molecule has 3 heterocycles. The Hall–Kier alpha value is -5.20. The van der Waals surface area contributed by atoms with Crippen LogP contribution in [0.25, 0.3) is 16.9 Å². The molecule has 3 aromatic heterocycles. The first kappa shape index (κ1) is 30.3. The number of imidazole rings is 1. The average molecular weight is 608 g/mol. The molecular weight excluding hydrogens is 581 g/mol. The highest BCUT2D eigenvalue weighted by Gasteiger charge is 2.32. The summed E-state index contributed by atoms with van der Waals surface area (Å²) < 4.78 is 69.1. The Morgan fingerprint density at radius 3 is 2.52 bits per heavy atom. The predicted octanol–water partition coefficient (Wildman–Crippen LogP) is 7.64. The van der Waals surface area contributed by atoms with Gasteiger partial charge in [0.05, 0.1) is 23.3 Å². The van der Waals surface area contributed by atoms with Crippen LogP contribution in [0.4, 0.5) is 39.3 Å². The molecule has 1 amide bonds. The van der Waals surface area contributed by atoms with Gasteiger partial charge in [-0.05, 0) is 74.4 Å². The van der Waals surface area contributed by atoms with Crippen molar-refractivity contribution in [2.45, 2.75) is 38.8 Å².